The Kier molecular flexibility index (Phi) is 7.82. The quantitative estimate of drug-likeness (QED) is 0.166. The van der Waals surface area contributed by atoms with Crippen molar-refractivity contribution in [3.05, 3.63) is 68.7 Å². The average molecular weight is 358 g/mol. The summed E-state index contributed by atoms with van der Waals surface area (Å²) in [6.07, 6.45) is -1.91. The van der Waals surface area contributed by atoms with Crippen LogP contribution < -0.4 is 40.4 Å². The van der Waals surface area contributed by atoms with E-state index in [4.69, 9.17) is 22.4 Å². The van der Waals surface area contributed by atoms with E-state index in [9.17, 15) is 15.2 Å². The summed E-state index contributed by atoms with van der Waals surface area (Å²) < 4.78 is 0. The van der Waals surface area contributed by atoms with Gasteiger partial charge in [0.2, 0.25) is 0 Å². The van der Waals surface area contributed by atoms with Crippen LogP contribution in [0.1, 0.15) is 11.1 Å². The zero-order valence-electron chi connectivity index (χ0n) is 12.8. The van der Waals surface area contributed by atoms with Gasteiger partial charge >= 0.3 is 29.6 Å². The number of nitro benzene ring substituents is 1. The first-order valence-electron chi connectivity index (χ1n) is 6.57. The number of hydrogen-bond donors (Lipinski definition) is 2. The van der Waals surface area contributed by atoms with Crippen LogP contribution in [0.2, 0.25) is 5.02 Å². The molecule has 0 bridgehead atoms. The summed E-state index contributed by atoms with van der Waals surface area (Å²) in [7, 11) is 0. The van der Waals surface area contributed by atoms with Crippen molar-refractivity contribution in [1.82, 2.24) is 0 Å². The molecule has 2 aromatic rings. The molecular formula is C15H13ClN3NaO4. The molecule has 1 atom stereocenters. The van der Waals surface area contributed by atoms with E-state index in [0.29, 0.717) is 10.6 Å². The molecule has 0 fully saturated rings. The molecule has 2 aromatic carbocycles. The minimum Gasteiger partial charge on any atom is -0.830 e. The van der Waals surface area contributed by atoms with Gasteiger partial charge in [-0.1, -0.05) is 29.8 Å². The Bertz CT molecular complexity index is 768. The zero-order valence-corrected chi connectivity index (χ0v) is 15.6. The molecule has 0 amide bonds. The maximum Gasteiger partial charge on any atom is 1.00 e. The number of nitro groups is 1. The Labute approximate surface area is 165 Å². The van der Waals surface area contributed by atoms with Crippen molar-refractivity contribution in [2.75, 3.05) is 12.3 Å². The van der Waals surface area contributed by atoms with Gasteiger partial charge in [0.15, 0.2) is 0 Å². The number of hydrogen-bond acceptors (Lipinski definition) is 6. The largest absolute Gasteiger partial charge is 1.00 e. The van der Waals surface area contributed by atoms with Gasteiger partial charge in [-0.2, -0.15) is 0 Å². The van der Waals surface area contributed by atoms with E-state index in [0.717, 1.165) is 0 Å². The molecule has 2 rings (SSSR count). The molecule has 0 saturated carbocycles. The van der Waals surface area contributed by atoms with Crippen LogP contribution in [0.5, 0.6) is 0 Å². The van der Waals surface area contributed by atoms with E-state index in [-0.39, 0.29) is 52.2 Å². The van der Waals surface area contributed by atoms with Gasteiger partial charge in [0, 0.05) is 34.0 Å². The number of nitrogens with two attached hydrogens (primary N) is 1. The molecule has 1 unspecified atom stereocenters. The Morgan fingerprint density at radius 1 is 1.29 bits per heavy atom. The fourth-order valence-electron chi connectivity index (χ4n) is 2.00. The number of aliphatic hydroxyl groups excluding tert-OH is 1. The van der Waals surface area contributed by atoms with Gasteiger partial charge in [0.25, 0.3) is 5.69 Å². The average Bonchev–Trinajstić information content (AvgIpc) is 2.50. The smallest absolute Gasteiger partial charge is 0.830 e. The molecule has 7 nitrogen and oxygen atoms in total. The Balaban J connectivity index is 0.00000288. The van der Waals surface area contributed by atoms with Crippen molar-refractivity contribution < 1.29 is 44.7 Å². The molecule has 0 heterocycles. The molecule has 0 saturated heterocycles. The van der Waals surface area contributed by atoms with Gasteiger partial charge in [-0.25, -0.2) is 0 Å². The van der Waals surface area contributed by atoms with Crippen LogP contribution in [0.3, 0.4) is 0 Å². The minimum absolute atomic E-state index is 0. The Morgan fingerprint density at radius 2 is 1.96 bits per heavy atom. The van der Waals surface area contributed by atoms with E-state index in [1.165, 1.54) is 18.2 Å². The van der Waals surface area contributed by atoms with E-state index in [1.807, 2.05) is 0 Å². The summed E-state index contributed by atoms with van der Waals surface area (Å²) in [6.45, 7) is -0.428. The number of halogens is 1. The van der Waals surface area contributed by atoms with Gasteiger partial charge in [-0.05, 0) is 18.4 Å². The van der Waals surface area contributed by atoms with Crippen molar-refractivity contribution >= 4 is 28.7 Å². The summed E-state index contributed by atoms with van der Waals surface area (Å²) in [6, 6.07) is 10.6. The number of aliphatic imine (C=N–C) groups is 1. The second-order valence-corrected chi connectivity index (χ2v) is 5.06. The number of aliphatic hydroxyl groups is 1. The fourth-order valence-corrected chi connectivity index (χ4v) is 2.23. The first-order chi connectivity index (χ1) is 10.9. The predicted molar refractivity (Wildman–Crippen MR) is 85.5 cm³/mol. The third-order valence-electron chi connectivity index (χ3n) is 3.04. The molecule has 0 aliphatic carbocycles. The van der Waals surface area contributed by atoms with Crippen LogP contribution in [0.4, 0.5) is 11.4 Å². The van der Waals surface area contributed by atoms with E-state index < -0.39 is 17.8 Å². The first kappa shape index (κ1) is 20.6. The standard InChI is InChI=1S/C15H13ClN3O4.Na/c16-12-4-2-1-3-10(12)15(18-8-14(20)21)11-7-9(19(22)23)5-6-13(11)17;/h1-7,14,20H,8,17H2;/q-1;+1. The van der Waals surface area contributed by atoms with Gasteiger partial charge in [-0.15, -0.1) is 0 Å². The van der Waals surface area contributed by atoms with Crippen molar-refractivity contribution in [2.45, 2.75) is 6.29 Å². The molecule has 0 aliphatic heterocycles. The van der Waals surface area contributed by atoms with Crippen molar-refractivity contribution in [3.8, 4) is 0 Å². The first-order valence-corrected chi connectivity index (χ1v) is 6.95. The van der Waals surface area contributed by atoms with Crippen LogP contribution in [-0.4, -0.2) is 28.6 Å². The normalized spacial score (nSPS) is 12.4. The van der Waals surface area contributed by atoms with Crippen LogP contribution in [0, 0.1) is 10.1 Å². The van der Waals surface area contributed by atoms with Crippen molar-refractivity contribution in [2.24, 2.45) is 4.99 Å². The Morgan fingerprint density at radius 3 is 2.54 bits per heavy atom. The van der Waals surface area contributed by atoms with Crippen molar-refractivity contribution in [1.29, 1.82) is 0 Å². The van der Waals surface area contributed by atoms with Crippen LogP contribution in [0.15, 0.2) is 47.5 Å². The van der Waals surface area contributed by atoms with Crippen LogP contribution in [0.25, 0.3) is 0 Å². The minimum atomic E-state index is -1.91. The fraction of sp³-hybridized carbons (Fsp3) is 0.133. The van der Waals surface area contributed by atoms with Gasteiger partial charge in [0.1, 0.15) is 0 Å². The summed E-state index contributed by atoms with van der Waals surface area (Å²) in [5.74, 6) is 0. The number of nitrogens with zero attached hydrogens (tertiary/aromatic N) is 2. The van der Waals surface area contributed by atoms with E-state index >= 15 is 0 Å². The number of anilines is 1. The SMILES string of the molecule is Nc1ccc([N+](=O)[O-])cc1C(=NCC([O-])O)c1ccccc1Cl.[Na+]. The molecule has 0 aromatic heterocycles. The second kappa shape index (κ2) is 9.12. The number of rotatable bonds is 5. The number of non-ortho nitro benzene ring substituents is 1. The monoisotopic (exact) mass is 357 g/mol. The van der Waals surface area contributed by atoms with E-state index in [2.05, 4.69) is 4.99 Å². The van der Waals surface area contributed by atoms with Crippen LogP contribution in [-0.2, 0) is 0 Å². The predicted octanol–water partition coefficient (Wildman–Crippen LogP) is -1.65. The summed E-state index contributed by atoms with van der Waals surface area (Å²) in [5, 5.41) is 31.2. The molecule has 0 aliphatic rings. The molecule has 0 spiro atoms. The Hall–Kier alpha value is -1.48. The maximum absolute atomic E-state index is 11.0. The van der Waals surface area contributed by atoms with Gasteiger partial charge in [-0.3, -0.25) is 15.1 Å². The summed E-state index contributed by atoms with van der Waals surface area (Å²) in [4.78, 5) is 14.5. The maximum atomic E-state index is 11.0. The molecule has 0 radical (unpaired) electrons. The van der Waals surface area contributed by atoms with Gasteiger partial charge in [0.05, 0.1) is 17.2 Å². The molecule has 9 heteroatoms. The van der Waals surface area contributed by atoms with Crippen LogP contribution >= 0.6 is 11.6 Å². The summed E-state index contributed by atoms with van der Waals surface area (Å²) >= 11 is 6.14. The second-order valence-electron chi connectivity index (χ2n) is 4.65. The molecule has 3 N–H and O–H groups in total. The summed E-state index contributed by atoms with van der Waals surface area (Å²) in [5.41, 5.74) is 6.92. The van der Waals surface area contributed by atoms with Crippen molar-refractivity contribution in [3.63, 3.8) is 0 Å². The number of nitrogen functional groups attached to an aromatic ring is 1. The molecule has 24 heavy (non-hydrogen) atoms. The number of benzene rings is 2. The van der Waals surface area contributed by atoms with Gasteiger partial charge < -0.3 is 15.9 Å². The third kappa shape index (κ3) is 5.01. The topological polar surface area (TPSA) is 125 Å². The molecule has 120 valence electrons. The third-order valence-corrected chi connectivity index (χ3v) is 3.37. The zero-order chi connectivity index (χ0) is 17.0. The van der Waals surface area contributed by atoms with E-state index in [1.54, 1.807) is 24.3 Å². The molecular weight excluding hydrogens is 345 g/mol.